The zero-order valence-corrected chi connectivity index (χ0v) is 17.3. The van der Waals surface area contributed by atoms with Crippen molar-refractivity contribution in [3.8, 4) is 0 Å². The Bertz CT molecular complexity index is 783. The second-order valence-corrected chi connectivity index (χ2v) is 7.92. The average Bonchev–Trinajstić information content (AvgIpc) is 2.67. The van der Waals surface area contributed by atoms with Gasteiger partial charge < -0.3 is 10.2 Å². The van der Waals surface area contributed by atoms with E-state index in [9.17, 15) is 14.0 Å². The van der Waals surface area contributed by atoms with E-state index in [1.165, 1.54) is 22.7 Å². The van der Waals surface area contributed by atoms with Crippen LogP contribution in [0.4, 0.5) is 4.39 Å². The molecule has 4 nitrogen and oxygen atoms in total. The minimum Gasteiger partial charge on any atom is -0.352 e. The van der Waals surface area contributed by atoms with Crippen LogP contribution in [0.2, 0.25) is 0 Å². The van der Waals surface area contributed by atoms with E-state index < -0.39 is 6.04 Å². The van der Waals surface area contributed by atoms with E-state index in [2.05, 4.69) is 5.32 Å². The Morgan fingerprint density at radius 3 is 2.32 bits per heavy atom. The van der Waals surface area contributed by atoms with Gasteiger partial charge in [-0.15, -0.1) is 11.8 Å². The number of hydrogen-bond donors (Lipinski definition) is 1. The van der Waals surface area contributed by atoms with Crippen LogP contribution < -0.4 is 5.32 Å². The first kappa shape index (κ1) is 22.0. The molecule has 0 aliphatic rings. The van der Waals surface area contributed by atoms with Gasteiger partial charge in [-0.25, -0.2) is 4.39 Å². The summed E-state index contributed by atoms with van der Waals surface area (Å²) in [4.78, 5) is 26.8. The monoisotopic (exact) mass is 402 g/mol. The van der Waals surface area contributed by atoms with Gasteiger partial charge in [0.25, 0.3) is 0 Å². The van der Waals surface area contributed by atoms with E-state index >= 15 is 0 Å². The van der Waals surface area contributed by atoms with Crippen molar-refractivity contribution >= 4 is 23.6 Å². The lowest BCUT2D eigenvalue weighted by molar-refractivity contribution is -0.138. The Labute approximate surface area is 170 Å². The van der Waals surface area contributed by atoms with Crippen LogP contribution in [0.3, 0.4) is 0 Å². The molecule has 0 aliphatic carbocycles. The average molecular weight is 403 g/mol. The highest BCUT2D eigenvalue weighted by atomic mass is 32.2. The fourth-order valence-electron chi connectivity index (χ4n) is 2.71. The topological polar surface area (TPSA) is 49.4 Å². The third-order valence-electron chi connectivity index (χ3n) is 4.23. The van der Waals surface area contributed by atoms with Crippen molar-refractivity contribution < 1.29 is 14.0 Å². The molecule has 2 aromatic carbocycles. The predicted molar refractivity (Wildman–Crippen MR) is 112 cm³/mol. The SMILES string of the molecule is CC(C)NC(=O)[C@H](C)N(Cc1ccccc1F)C(=O)CSCc1ccccc1. The molecule has 0 aliphatic heterocycles. The molecule has 0 saturated heterocycles. The molecule has 6 heteroatoms. The van der Waals surface area contributed by atoms with Crippen LogP contribution in [-0.4, -0.2) is 34.6 Å². The maximum absolute atomic E-state index is 14.1. The highest BCUT2D eigenvalue weighted by Gasteiger charge is 2.27. The van der Waals surface area contributed by atoms with Gasteiger partial charge in [0.2, 0.25) is 11.8 Å². The summed E-state index contributed by atoms with van der Waals surface area (Å²) in [6.45, 7) is 5.47. The van der Waals surface area contributed by atoms with Crippen molar-refractivity contribution in [3.63, 3.8) is 0 Å². The number of benzene rings is 2. The number of amides is 2. The number of rotatable bonds is 9. The van der Waals surface area contributed by atoms with Crippen LogP contribution in [0.25, 0.3) is 0 Å². The molecule has 0 unspecified atom stereocenters. The van der Waals surface area contributed by atoms with Crippen molar-refractivity contribution in [2.75, 3.05) is 5.75 Å². The Kier molecular flexibility index (Phi) is 8.51. The Balaban J connectivity index is 2.08. The molecular formula is C22H27FN2O2S. The second-order valence-electron chi connectivity index (χ2n) is 6.93. The summed E-state index contributed by atoms with van der Waals surface area (Å²) in [7, 11) is 0. The zero-order valence-electron chi connectivity index (χ0n) is 16.5. The first-order valence-electron chi connectivity index (χ1n) is 9.33. The summed E-state index contributed by atoms with van der Waals surface area (Å²) in [5.74, 6) is 0.118. The van der Waals surface area contributed by atoms with Gasteiger partial charge in [0, 0.05) is 23.9 Å². The summed E-state index contributed by atoms with van der Waals surface area (Å²) < 4.78 is 14.1. The molecule has 0 heterocycles. The maximum Gasteiger partial charge on any atom is 0.242 e. The predicted octanol–water partition coefficient (Wildman–Crippen LogP) is 4.00. The number of carbonyl (C=O) groups is 2. The molecule has 1 atom stereocenters. The summed E-state index contributed by atoms with van der Waals surface area (Å²) in [5, 5.41) is 2.83. The van der Waals surface area contributed by atoms with E-state index in [-0.39, 0.29) is 36.0 Å². The minimum atomic E-state index is -0.688. The molecule has 28 heavy (non-hydrogen) atoms. The van der Waals surface area contributed by atoms with Gasteiger partial charge in [0.15, 0.2) is 0 Å². The van der Waals surface area contributed by atoms with E-state index in [1.807, 2.05) is 44.2 Å². The minimum absolute atomic E-state index is 0.0344. The van der Waals surface area contributed by atoms with Crippen LogP contribution in [0.1, 0.15) is 31.9 Å². The molecule has 0 saturated carbocycles. The molecule has 2 rings (SSSR count). The van der Waals surface area contributed by atoms with Crippen molar-refractivity contribution in [1.29, 1.82) is 0 Å². The smallest absolute Gasteiger partial charge is 0.242 e. The molecule has 2 aromatic rings. The first-order chi connectivity index (χ1) is 13.4. The molecule has 0 bridgehead atoms. The van der Waals surface area contributed by atoms with Gasteiger partial charge >= 0.3 is 0 Å². The summed E-state index contributed by atoms with van der Waals surface area (Å²) in [6, 6.07) is 15.5. The number of thioether (sulfide) groups is 1. The van der Waals surface area contributed by atoms with E-state index in [0.29, 0.717) is 11.3 Å². The van der Waals surface area contributed by atoms with Crippen molar-refractivity contribution in [2.45, 2.75) is 45.2 Å². The third-order valence-corrected chi connectivity index (χ3v) is 5.22. The van der Waals surface area contributed by atoms with Crippen LogP contribution in [0.5, 0.6) is 0 Å². The van der Waals surface area contributed by atoms with Gasteiger partial charge in [-0.2, -0.15) is 0 Å². The molecular weight excluding hydrogens is 375 g/mol. The highest BCUT2D eigenvalue weighted by molar-refractivity contribution is 7.99. The van der Waals surface area contributed by atoms with Crippen molar-refractivity contribution in [3.05, 3.63) is 71.5 Å². The van der Waals surface area contributed by atoms with Crippen LogP contribution in [-0.2, 0) is 21.9 Å². The number of halogens is 1. The number of hydrogen-bond acceptors (Lipinski definition) is 3. The van der Waals surface area contributed by atoms with E-state index in [1.54, 1.807) is 25.1 Å². The Hall–Kier alpha value is -2.34. The van der Waals surface area contributed by atoms with E-state index in [4.69, 9.17) is 0 Å². The molecule has 2 amide bonds. The Morgan fingerprint density at radius 2 is 1.68 bits per heavy atom. The standard InChI is InChI=1S/C22H27FN2O2S/c1-16(2)24-22(27)17(3)25(13-19-11-7-8-12-20(19)23)21(26)15-28-14-18-9-5-4-6-10-18/h4-12,16-17H,13-15H2,1-3H3,(H,24,27)/t17-/m0/s1. The molecule has 0 fully saturated rings. The quantitative estimate of drug-likeness (QED) is 0.690. The molecule has 1 N–H and O–H groups in total. The third kappa shape index (κ3) is 6.68. The lowest BCUT2D eigenvalue weighted by Crippen LogP contribution is -2.49. The lowest BCUT2D eigenvalue weighted by atomic mass is 10.1. The fourth-order valence-corrected chi connectivity index (χ4v) is 3.58. The van der Waals surface area contributed by atoms with Crippen molar-refractivity contribution in [1.82, 2.24) is 10.2 Å². The molecule has 0 aromatic heterocycles. The highest BCUT2D eigenvalue weighted by Crippen LogP contribution is 2.17. The largest absolute Gasteiger partial charge is 0.352 e. The Morgan fingerprint density at radius 1 is 1.04 bits per heavy atom. The van der Waals surface area contributed by atoms with Crippen LogP contribution in [0, 0.1) is 5.82 Å². The van der Waals surface area contributed by atoms with E-state index in [0.717, 1.165) is 5.56 Å². The van der Waals surface area contributed by atoms with Crippen LogP contribution >= 0.6 is 11.8 Å². The van der Waals surface area contributed by atoms with Crippen molar-refractivity contribution in [2.24, 2.45) is 0 Å². The van der Waals surface area contributed by atoms with Gasteiger partial charge in [0.05, 0.1) is 5.75 Å². The normalized spacial score (nSPS) is 11.9. The van der Waals surface area contributed by atoms with Gasteiger partial charge in [0.1, 0.15) is 11.9 Å². The van der Waals surface area contributed by atoms with Gasteiger partial charge in [-0.3, -0.25) is 9.59 Å². The van der Waals surface area contributed by atoms with Crippen LogP contribution in [0.15, 0.2) is 54.6 Å². The summed E-state index contributed by atoms with van der Waals surface area (Å²) in [6.07, 6.45) is 0. The maximum atomic E-state index is 14.1. The van der Waals surface area contributed by atoms with Gasteiger partial charge in [-0.05, 0) is 32.4 Å². The number of carbonyl (C=O) groups excluding carboxylic acids is 2. The first-order valence-corrected chi connectivity index (χ1v) is 10.5. The second kappa shape index (κ2) is 10.9. The zero-order chi connectivity index (χ0) is 20.5. The summed E-state index contributed by atoms with van der Waals surface area (Å²) >= 11 is 1.48. The van der Waals surface area contributed by atoms with Gasteiger partial charge in [-0.1, -0.05) is 48.5 Å². The number of nitrogens with one attached hydrogen (secondary N) is 1. The molecule has 150 valence electrons. The summed E-state index contributed by atoms with van der Waals surface area (Å²) in [5.41, 5.74) is 1.53. The number of nitrogens with zero attached hydrogens (tertiary/aromatic N) is 1. The molecule has 0 spiro atoms. The fraction of sp³-hybridized carbons (Fsp3) is 0.364. The lowest BCUT2D eigenvalue weighted by Gasteiger charge is -2.29. The molecule has 0 radical (unpaired) electrons.